The molecule has 4 aromatic rings. The molecule has 0 aliphatic heterocycles. The van der Waals surface area contributed by atoms with E-state index in [1.165, 1.54) is 15.9 Å². The number of allylic oxidation sites excluding steroid dienone is 1. The molecule has 0 atom stereocenters. The van der Waals surface area contributed by atoms with Crippen LogP contribution >= 0.6 is 7.26 Å². The molecule has 4 aromatic carbocycles. The molecule has 0 aliphatic carbocycles. The van der Waals surface area contributed by atoms with Crippen LogP contribution < -0.4 is 15.9 Å². The summed E-state index contributed by atoms with van der Waals surface area (Å²) in [5.41, 5.74) is 0.161. The summed E-state index contributed by atoms with van der Waals surface area (Å²) >= 11 is 0. The first-order chi connectivity index (χ1) is 16.4. The summed E-state index contributed by atoms with van der Waals surface area (Å²) in [6.07, 6.45) is 0. The Bertz CT molecular complexity index is 1150. The molecule has 0 radical (unpaired) electrons. The standard InChI is InChI=1S/C31H30O2P/c1-31(2,3)29(33-30(32)25-16-8-4-9-17-25)24-34(26-18-10-5-11-19-26,27-20-12-6-13-21-27)28-22-14-7-15-23-28/h4-24H,1-3H3/q+1. The number of carbonyl (C=O) groups excluding carboxylic acids is 1. The molecule has 34 heavy (non-hydrogen) atoms. The predicted octanol–water partition coefficient (Wildman–Crippen LogP) is 6.73. The Balaban J connectivity index is 1.99. The van der Waals surface area contributed by atoms with Crippen molar-refractivity contribution in [1.82, 2.24) is 0 Å². The molecule has 3 heteroatoms. The maximum Gasteiger partial charge on any atom is 0.343 e. The third-order valence-corrected chi connectivity index (χ3v) is 9.71. The van der Waals surface area contributed by atoms with Gasteiger partial charge < -0.3 is 4.74 Å². The van der Waals surface area contributed by atoms with Crippen molar-refractivity contribution < 1.29 is 9.53 Å². The molecule has 0 aliphatic rings. The molecule has 170 valence electrons. The fourth-order valence-corrected chi connectivity index (χ4v) is 8.00. The molecular formula is C31H30O2P+. The number of benzene rings is 4. The van der Waals surface area contributed by atoms with E-state index in [0.29, 0.717) is 11.3 Å². The van der Waals surface area contributed by atoms with E-state index in [4.69, 9.17) is 4.74 Å². The van der Waals surface area contributed by atoms with E-state index < -0.39 is 7.26 Å². The zero-order valence-corrected chi connectivity index (χ0v) is 20.8. The van der Waals surface area contributed by atoms with E-state index in [9.17, 15) is 4.79 Å². The summed E-state index contributed by atoms with van der Waals surface area (Å²) in [5.74, 6) is 2.58. The maximum atomic E-state index is 13.1. The largest absolute Gasteiger partial charge is 0.423 e. The molecule has 0 heterocycles. The summed E-state index contributed by atoms with van der Waals surface area (Å²) in [6.45, 7) is 6.27. The van der Waals surface area contributed by atoms with E-state index in [0.717, 1.165) is 0 Å². The second-order valence-electron chi connectivity index (χ2n) is 9.23. The van der Waals surface area contributed by atoms with Gasteiger partial charge in [-0.1, -0.05) is 93.6 Å². The van der Waals surface area contributed by atoms with Crippen molar-refractivity contribution in [2.24, 2.45) is 5.41 Å². The van der Waals surface area contributed by atoms with Gasteiger partial charge in [-0.25, -0.2) is 4.79 Å². The van der Waals surface area contributed by atoms with E-state index in [2.05, 4.69) is 99.4 Å². The third kappa shape index (κ3) is 5.03. The summed E-state index contributed by atoms with van der Waals surface area (Å²) in [6, 6.07) is 40.9. The summed E-state index contributed by atoms with van der Waals surface area (Å²) in [7, 11) is -2.29. The fraction of sp³-hybridized carbons (Fsp3) is 0.129. The van der Waals surface area contributed by atoms with Crippen LogP contribution in [0.25, 0.3) is 0 Å². The van der Waals surface area contributed by atoms with Gasteiger partial charge in [-0.2, -0.15) is 0 Å². The lowest BCUT2D eigenvalue weighted by Gasteiger charge is -2.28. The highest BCUT2D eigenvalue weighted by molar-refractivity contribution is 7.98. The summed E-state index contributed by atoms with van der Waals surface area (Å²) in [4.78, 5) is 13.1. The topological polar surface area (TPSA) is 26.3 Å². The number of hydrogen-bond donors (Lipinski definition) is 0. The van der Waals surface area contributed by atoms with E-state index in [-0.39, 0.29) is 11.4 Å². The Morgan fingerprint density at radius 2 is 0.971 bits per heavy atom. The van der Waals surface area contributed by atoms with E-state index in [1.54, 1.807) is 12.1 Å². The maximum absolute atomic E-state index is 13.1. The summed E-state index contributed by atoms with van der Waals surface area (Å²) in [5, 5.41) is 3.64. The van der Waals surface area contributed by atoms with Crippen LogP contribution in [0.5, 0.6) is 0 Å². The van der Waals surface area contributed by atoms with Crippen LogP contribution in [0.4, 0.5) is 0 Å². The van der Waals surface area contributed by atoms with Crippen LogP contribution in [0.1, 0.15) is 31.1 Å². The SMILES string of the molecule is CC(C)(C)C(=C[P+](c1ccccc1)(c1ccccc1)c1ccccc1)OC(=O)c1ccccc1. The second-order valence-corrected chi connectivity index (χ2v) is 12.5. The average molecular weight is 466 g/mol. The van der Waals surface area contributed by atoms with Gasteiger partial charge in [0.25, 0.3) is 0 Å². The van der Waals surface area contributed by atoms with Crippen molar-refractivity contribution in [3.05, 3.63) is 138 Å². The van der Waals surface area contributed by atoms with Crippen molar-refractivity contribution >= 4 is 29.1 Å². The first-order valence-corrected chi connectivity index (χ1v) is 13.3. The molecule has 0 saturated heterocycles. The summed E-state index contributed by atoms with van der Waals surface area (Å²) < 4.78 is 6.17. The fourth-order valence-electron chi connectivity index (χ4n) is 3.94. The minimum atomic E-state index is -2.29. The highest BCUT2D eigenvalue weighted by atomic mass is 31.2. The van der Waals surface area contributed by atoms with Crippen LogP contribution in [0.2, 0.25) is 0 Å². The van der Waals surface area contributed by atoms with Crippen LogP contribution in [0, 0.1) is 5.41 Å². The van der Waals surface area contributed by atoms with Gasteiger partial charge in [-0.15, -0.1) is 0 Å². The number of hydrogen-bond acceptors (Lipinski definition) is 2. The van der Waals surface area contributed by atoms with Crippen molar-refractivity contribution in [2.75, 3.05) is 0 Å². The van der Waals surface area contributed by atoms with Gasteiger partial charge >= 0.3 is 5.97 Å². The number of ether oxygens (including phenoxy) is 1. The molecule has 0 N–H and O–H groups in total. The Hall–Kier alpha value is -3.48. The van der Waals surface area contributed by atoms with Crippen molar-refractivity contribution in [3.8, 4) is 0 Å². The molecule has 0 spiro atoms. The quantitative estimate of drug-likeness (QED) is 0.179. The Kier molecular flexibility index (Phi) is 7.10. The zero-order valence-electron chi connectivity index (χ0n) is 19.9. The minimum Gasteiger partial charge on any atom is -0.423 e. The predicted molar refractivity (Wildman–Crippen MR) is 145 cm³/mol. The van der Waals surface area contributed by atoms with Gasteiger partial charge in [0.1, 0.15) is 34.8 Å². The minimum absolute atomic E-state index is 0.339. The number of carbonyl (C=O) groups is 1. The molecule has 0 saturated carbocycles. The van der Waals surface area contributed by atoms with E-state index >= 15 is 0 Å². The lowest BCUT2D eigenvalue weighted by Crippen LogP contribution is -2.31. The first-order valence-electron chi connectivity index (χ1n) is 11.5. The molecule has 0 bridgehead atoms. The highest BCUT2D eigenvalue weighted by Crippen LogP contribution is 2.58. The molecule has 0 fully saturated rings. The van der Waals surface area contributed by atoms with Gasteiger partial charge in [-0.05, 0) is 48.5 Å². The van der Waals surface area contributed by atoms with Crippen LogP contribution in [0.3, 0.4) is 0 Å². The zero-order chi connectivity index (χ0) is 24.0. The monoisotopic (exact) mass is 465 g/mol. The van der Waals surface area contributed by atoms with Crippen molar-refractivity contribution in [3.63, 3.8) is 0 Å². The first kappa shape index (κ1) is 23.7. The van der Waals surface area contributed by atoms with Gasteiger partial charge in [0, 0.05) is 5.41 Å². The molecule has 0 unspecified atom stereocenters. The van der Waals surface area contributed by atoms with Gasteiger partial charge in [0.15, 0.2) is 0 Å². The van der Waals surface area contributed by atoms with Crippen LogP contribution in [-0.4, -0.2) is 5.97 Å². The van der Waals surface area contributed by atoms with Gasteiger partial charge in [0.05, 0.1) is 5.56 Å². The average Bonchev–Trinajstić information content (AvgIpc) is 2.88. The van der Waals surface area contributed by atoms with Crippen molar-refractivity contribution in [2.45, 2.75) is 20.8 Å². The molecular weight excluding hydrogens is 435 g/mol. The van der Waals surface area contributed by atoms with E-state index in [1.807, 2.05) is 36.4 Å². The van der Waals surface area contributed by atoms with Gasteiger partial charge in [-0.3, -0.25) is 0 Å². The van der Waals surface area contributed by atoms with Crippen LogP contribution in [0.15, 0.2) is 133 Å². The lowest BCUT2D eigenvalue weighted by molar-refractivity contribution is 0.0558. The third-order valence-electron chi connectivity index (χ3n) is 5.75. The van der Waals surface area contributed by atoms with Gasteiger partial charge in [0.2, 0.25) is 0 Å². The second kappa shape index (κ2) is 10.2. The van der Waals surface area contributed by atoms with Crippen molar-refractivity contribution in [1.29, 1.82) is 0 Å². The normalized spacial score (nSPS) is 12.3. The molecule has 0 amide bonds. The molecule has 4 rings (SSSR count). The number of esters is 1. The Morgan fingerprint density at radius 3 is 1.32 bits per heavy atom. The molecule has 0 aromatic heterocycles. The molecule has 2 nitrogen and oxygen atoms in total. The number of rotatable bonds is 6. The lowest BCUT2D eigenvalue weighted by atomic mass is 9.95. The highest BCUT2D eigenvalue weighted by Gasteiger charge is 2.46. The Labute approximate surface area is 203 Å². The smallest absolute Gasteiger partial charge is 0.343 e. The van der Waals surface area contributed by atoms with Crippen LogP contribution in [-0.2, 0) is 4.74 Å². The Morgan fingerprint density at radius 1 is 0.618 bits per heavy atom.